The van der Waals surface area contributed by atoms with Gasteiger partial charge in [0.2, 0.25) is 16.0 Å². The van der Waals surface area contributed by atoms with Crippen molar-refractivity contribution in [1.82, 2.24) is 19.3 Å². The molecule has 1 unspecified atom stereocenters. The van der Waals surface area contributed by atoms with E-state index in [1.807, 2.05) is 24.5 Å². The topological polar surface area (TPSA) is 109 Å². The molecule has 2 aliphatic heterocycles. The average Bonchev–Trinajstić information content (AvgIpc) is 3.34. The third-order valence-electron chi connectivity index (χ3n) is 7.11. The zero-order valence-corrected chi connectivity index (χ0v) is 23.3. The van der Waals surface area contributed by atoms with Crippen molar-refractivity contribution < 1.29 is 18.3 Å². The number of aliphatic hydroxyl groups is 1. The Morgan fingerprint density at radius 2 is 1.92 bits per heavy atom. The molecule has 1 aromatic carbocycles. The lowest BCUT2D eigenvalue weighted by Crippen LogP contribution is -2.39. The van der Waals surface area contributed by atoms with Crippen molar-refractivity contribution in [3.05, 3.63) is 54.0 Å². The maximum atomic E-state index is 12.4. The van der Waals surface area contributed by atoms with E-state index in [4.69, 9.17) is 14.8 Å². The first-order chi connectivity index (χ1) is 18.4. The Balaban J connectivity index is 1.17. The molecule has 2 aromatic heterocycles. The normalized spacial score (nSPS) is 18.8. The van der Waals surface area contributed by atoms with Crippen molar-refractivity contribution in [2.45, 2.75) is 57.5 Å². The van der Waals surface area contributed by atoms with Gasteiger partial charge in [-0.05, 0) is 42.5 Å². The Hall–Kier alpha value is -2.76. The van der Waals surface area contributed by atoms with Crippen LogP contribution in [0.15, 0.2) is 42.9 Å². The minimum absolute atomic E-state index is 0.0347. The second kappa shape index (κ2) is 12.0. The van der Waals surface area contributed by atoms with Crippen LogP contribution >= 0.6 is 11.3 Å². The summed E-state index contributed by atoms with van der Waals surface area (Å²) < 4.78 is 33.5. The molecule has 11 heteroatoms. The molecular weight excluding hydrogens is 522 g/mol. The second-order valence-corrected chi connectivity index (χ2v) is 12.9. The van der Waals surface area contributed by atoms with Crippen LogP contribution in [0.5, 0.6) is 5.19 Å². The number of aromatic nitrogens is 3. The van der Waals surface area contributed by atoms with Crippen molar-refractivity contribution in [2.75, 3.05) is 36.9 Å². The number of piperidine rings is 1. The van der Waals surface area contributed by atoms with Gasteiger partial charge in [-0.1, -0.05) is 36.8 Å². The van der Waals surface area contributed by atoms with Crippen LogP contribution in [0.3, 0.4) is 0 Å². The quantitative estimate of drug-likeness (QED) is 0.397. The van der Waals surface area contributed by atoms with Gasteiger partial charge < -0.3 is 14.7 Å². The van der Waals surface area contributed by atoms with Gasteiger partial charge in [-0.25, -0.2) is 23.4 Å². The van der Waals surface area contributed by atoms with Gasteiger partial charge in [0.1, 0.15) is 6.10 Å². The van der Waals surface area contributed by atoms with Gasteiger partial charge >= 0.3 is 0 Å². The smallest absolute Gasteiger partial charge is 0.274 e. The standard InChI is InChI=1S/C27H35N5O4S2/c1-2-4-20-18-28-26(29-19-20)31-11-9-23(10-12-31)36-27-30-24-6-5-22(17-25(24)37-27)21-7-13-32(14-8-21)38(34,35)16-3-15-33/h5-7,13,17-19,21,23,33H,2-4,8-12,14-16H2,1H3. The minimum Gasteiger partial charge on any atom is -0.467 e. The first-order valence-electron chi connectivity index (χ1n) is 13.4. The predicted molar refractivity (Wildman–Crippen MR) is 150 cm³/mol. The summed E-state index contributed by atoms with van der Waals surface area (Å²) in [6.45, 7) is 4.18. The number of thiazole rings is 1. The van der Waals surface area contributed by atoms with Crippen molar-refractivity contribution in [1.29, 1.82) is 0 Å². The molecule has 0 radical (unpaired) electrons. The molecule has 0 saturated carbocycles. The summed E-state index contributed by atoms with van der Waals surface area (Å²) in [4.78, 5) is 16.0. The minimum atomic E-state index is -3.37. The maximum Gasteiger partial charge on any atom is 0.274 e. The molecule has 0 amide bonds. The molecular formula is C27H35N5O4S2. The highest BCUT2D eigenvalue weighted by atomic mass is 32.2. The number of hydrogen-bond donors (Lipinski definition) is 1. The van der Waals surface area contributed by atoms with Crippen LogP contribution in [0.25, 0.3) is 10.2 Å². The van der Waals surface area contributed by atoms with Crippen LogP contribution in [0.1, 0.15) is 56.1 Å². The summed E-state index contributed by atoms with van der Waals surface area (Å²) in [5, 5.41) is 9.64. The molecule has 38 heavy (non-hydrogen) atoms. The highest BCUT2D eigenvalue weighted by Crippen LogP contribution is 2.34. The lowest BCUT2D eigenvalue weighted by Gasteiger charge is -2.31. The summed E-state index contributed by atoms with van der Waals surface area (Å²) in [6, 6.07) is 6.24. The van der Waals surface area contributed by atoms with Crippen LogP contribution in [-0.2, 0) is 16.4 Å². The van der Waals surface area contributed by atoms with Crippen LogP contribution in [0.4, 0.5) is 5.95 Å². The number of aryl methyl sites for hydroxylation is 1. The van der Waals surface area contributed by atoms with E-state index in [0.29, 0.717) is 18.2 Å². The van der Waals surface area contributed by atoms with E-state index >= 15 is 0 Å². The summed E-state index contributed by atoms with van der Waals surface area (Å²) in [5.41, 5.74) is 3.24. The molecule has 2 aliphatic rings. The molecule has 4 heterocycles. The van der Waals surface area contributed by atoms with E-state index in [0.717, 1.165) is 60.5 Å². The number of hydrogen-bond acceptors (Lipinski definition) is 9. The summed E-state index contributed by atoms with van der Waals surface area (Å²) in [6.07, 6.45) is 12.5. The SMILES string of the molecule is CCCc1cnc(N2CCC(Oc3nc4ccc(C5C=CN(S(=O)(=O)CCCO)CC5)cc4s3)CC2)nc1. The van der Waals surface area contributed by atoms with Crippen molar-refractivity contribution in [3.8, 4) is 5.19 Å². The Labute approximate surface area is 228 Å². The average molecular weight is 558 g/mol. The Bertz CT molecular complexity index is 1350. The molecule has 1 atom stereocenters. The monoisotopic (exact) mass is 557 g/mol. The Morgan fingerprint density at radius 1 is 1.13 bits per heavy atom. The number of sulfonamides is 1. The van der Waals surface area contributed by atoms with E-state index in [9.17, 15) is 8.42 Å². The molecule has 1 N–H and O–H groups in total. The van der Waals surface area contributed by atoms with E-state index < -0.39 is 10.0 Å². The first kappa shape index (κ1) is 26.8. The maximum absolute atomic E-state index is 12.4. The van der Waals surface area contributed by atoms with Gasteiger partial charge in [0.25, 0.3) is 5.19 Å². The largest absolute Gasteiger partial charge is 0.467 e. The lowest BCUT2D eigenvalue weighted by atomic mass is 9.94. The number of rotatable bonds is 10. The number of nitrogens with zero attached hydrogens (tertiary/aromatic N) is 5. The van der Waals surface area contributed by atoms with Crippen LogP contribution in [0.2, 0.25) is 0 Å². The van der Waals surface area contributed by atoms with Gasteiger partial charge in [0.15, 0.2) is 0 Å². The molecule has 0 spiro atoms. The number of allylic oxidation sites excluding steroid dienone is 1. The van der Waals surface area contributed by atoms with Gasteiger partial charge in [0, 0.05) is 63.6 Å². The molecule has 204 valence electrons. The Kier molecular flexibility index (Phi) is 8.45. The van der Waals surface area contributed by atoms with Gasteiger partial charge in [-0.3, -0.25) is 4.31 Å². The number of anilines is 1. The highest BCUT2D eigenvalue weighted by Gasteiger charge is 2.25. The molecule has 1 fully saturated rings. The first-order valence-corrected chi connectivity index (χ1v) is 15.8. The molecule has 1 saturated heterocycles. The van der Waals surface area contributed by atoms with Gasteiger partial charge in [-0.15, -0.1) is 0 Å². The fourth-order valence-corrected chi connectivity index (χ4v) is 7.25. The number of ether oxygens (including phenoxy) is 1. The highest BCUT2D eigenvalue weighted by molar-refractivity contribution is 7.89. The van der Waals surface area contributed by atoms with Crippen LogP contribution < -0.4 is 9.64 Å². The third kappa shape index (κ3) is 6.27. The molecule has 0 bridgehead atoms. The van der Waals surface area contributed by atoms with E-state index in [-0.39, 0.29) is 30.8 Å². The number of fused-ring (bicyclic) bond motifs is 1. The van der Waals surface area contributed by atoms with Crippen molar-refractivity contribution >= 4 is 37.5 Å². The zero-order chi connectivity index (χ0) is 26.5. The summed E-state index contributed by atoms with van der Waals surface area (Å²) >= 11 is 1.56. The van der Waals surface area contributed by atoms with Crippen LogP contribution in [-0.4, -0.2) is 70.9 Å². The number of benzene rings is 1. The van der Waals surface area contributed by atoms with Crippen molar-refractivity contribution in [2.24, 2.45) is 0 Å². The van der Waals surface area contributed by atoms with E-state index in [2.05, 4.69) is 33.9 Å². The Morgan fingerprint density at radius 3 is 2.61 bits per heavy atom. The van der Waals surface area contributed by atoms with Gasteiger partial charge in [0.05, 0.1) is 16.0 Å². The van der Waals surface area contributed by atoms with Crippen LogP contribution in [0, 0.1) is 0 Å². The number of aliphatic hydroxyl groups excluding tert-OH is 1. The van der Waals surface area contributed by atoms with Gasteiger partial charge in [-0.2, -0.15) is 0 Å². The second-order valence-electron chi connectivity index (χ2n) is 9.89. The third-order valence-corrected chi connectivity index (χ3v) is 9.84. The molecule has 9 nitrogen and oxygen atoms in total. The molecule has 0 aliphatic carbocycles. The summed E-state index contributed by atoms with van der Waals surface area (Å²) in [7, 11) is -3.37. The van der Waals surface area contributed by atoms with Crippen molar-refractivity contribution in [3.63, 3.8) is 0 Å². The molecule has 3 aromatic rings. The zero-order valence-electron chi connectivity index (χ0n) is 21.7. The molecule has 5 rings (SSSR count). The van der Waals surface area contributed by atoms with E-state index in [1.54, 1.807) is 17.5 Å². The summed E-state index contributed by atoms with van der Waals surface area (Å²) in [5.74, 6) is 0.906. The fraction of sp³-hybridized carbons (Fsp3) is 0.519. The fourth-order valence-electron chi connectivity index (χ4n) is 4.96. The lowest BCUT2D eigenvalue weighted by molar-refractivity contribution is 0.170. The van der Waals surface area contributed by atoms with E-state index in [1.165, 1.54) is 9.87 Å². The predicted octanol–water partition coefficient (Wildman–Crippen LogP) is 4.10.